The second-order valence-corrected chi connectivity index (χ2v) is 11.1. The van der Waals surface area contributed by atoms with Crippen LogP contribution in [-0.4, -0.2) is 30.5 Å². The van der Waals surface area contributed by atoms with Gasteiger partial charge in [-0.1, -0.05) is 36.4 Å². The van der Waals surface area contributed by atoms with Gasteiger partial charge >= 0.3 is 0 Å². The van der Waals surface area contributed by atoms with E-state index in [1.165, 1.54) is 10.9 Å². The number of hydrogen-bond donors (Lipinski definition) is 1. The van der Waals surface area contributed by atoms with Crippen molar-refractivity contribution in [3.05, 3.63) is 94.7 Å². The number of rotatable bonds is 4. The molecular formula is C26H26N2O2S2. The third-order valence-electron chi connectivity index (χ3n) is 6.51. The molecule has 1 aliphatic heterocycles. The fourth-order valence-electron chi connectivity index (χ4n) is 4.61. The molecule has 3 aromatic carbocycles. The maximum Gasteiger partial charge on any atom is 0.244 e. The Morgan fingerprint density at radius 3 is 2.44 bits per heavy atom. The first kappa shape index (κ1) is 21.3. The van der Waals surface area contributed by atoms with Gasteiger partial charge in [0.15, 0.2) is 0 Å². The first-order valence-electron chi connectivity index (χ1n) is 10.7. The van der Waals surface area contributed by atoms with Crippen LogP contribution in [-0.2, 0) is 16.4 Å². The van der Waals surface area contributed by atoms with E-state index in [1.54, 1.807) is 28.2 Å². The van der Waals surface area contributed by atoms with E-state index in [1.807, 2.05) is 38.3 Å². The topological polar surface area (TPSA) is 53.2 Å². The summed E-state index contributed by atoms with van der Waals surface area (Å²) in [6, 6.07) is 21.5. The van der Waals surface area contributed by atoms with Crippen LogP contribution < -0.4 is 0 Å². The Morgan fingerprint density at radius 1 is 0.969 bits per heavy atom. The molecule has 1 N–H and O–H groups in total. The summed E-state index contributed by atoms with van der Waals surface area (Å²) < 4.78 is 29.5. The molecular weight excluding hydrogens is 436 g/mol. The molecule has 4 nitrogen and oxygen atoms in total. The van der Waals surface area contributed by atoms with Crippen molar-refractivity contribution in [2.45, 2.75) is 36.1 Å². The molecule has 0 unspecified atom stereocenters. The van der Waals surface area contributed by atoms with Gasteiger partial charge < -0.3 is 4.98 Å². The second-order valence-electron chi connectivity index (χ2n) is 8.35. The number of aromatic nitrogens is 1. The molecule has 1 aromatic heterocycles. The number of sulfonamides is 1. The van der Waals surface area contributed by atoms with Crippen LogP contribution >= 0.6 is 11.8 Å². The second kappa shape index (κ2) is 8.10. The van der Waals surface area contributed by atoms with Crippen LogP contribution in [0.15, 0.2) is 76.5 Å². The molecule has 0 bridgehead atoms. The van der Waals surface area contributed by atoms with Crippen LogP contribution in [0.1, 0.15) is 34.0 Å². The Bertz CT molecular complexity index is 1410. The van der Waals surface area contributed by atoms with Gasteiger partial charge in [-0.25, -0.2) is 8.42 Å². The molecule has 1 aliphatic rings. The average molecular weight is 463 g/mol. The quantitative estimate of drug-likeness (QED) is 0.388. The number of aryl methyl sites for hydroxylation is 2. The Kier molecular flexibility index (Phi) is 5.40. The van der Waals surface area contributed by atoms with Crippen LogP contribution in [0.4, 0.5) is 0 Å². The SMILES string of the molecule is CSc1ccc([C@@H]2c3[nH]c4ccccc4c3CCN2S(=O)(=O)c2ccc(C)c(C)c2)cc1. The maximum absolute atomic E-state index is 13.9. The zero-order chi connectivity index (χ0) is 22.5. The lowest BCUT2D eigenvalue weighted by atomic mass is 9.94. The minimum absolute atomic E-state index is 0.353. The van der Waals surface area contributed by atoms with Gasteiger partial charge in [0.1, 0.15) is 0 Å². The number of nitrogens with one attached hydrogen (secondary N) is 1. The van der Waals surface area contributed by atoms with Crippen molar-refractivity contribution in [2.75, 3.05) is 12.8 Å². The maximum atomic E-state index is 13.9. The Balaban J connectivity index is 1.69. The molecule has 2 heterocycles. The molecule has 1 atom stereocenters. The van der Waals surface area contributed by atoms with Crippen molar-refractivity contribution < 1.29 is 8.42 Å². The summed E-state index contributed by atoms with van der Waals surface area (Å²) in [6.45, 7) is 4.40. The molecule has 5 rings (SSSR count). The lowest BCUT2D eigenvalue weighted by Gasteiger charge is -2.35. The lowest BCUT2D eigenvalue weighted by Crippen LogP contribution is -2.40. The van der Waals surface area contributed by atoms with Crippen LogP contribution in [0, 0.1) is 13.8 Å². The molecule has 0 fully saturated rings. The standard InChI is InChI=1S/C26H26N2O2S2/c1-17-8-13-21(16-18(17)2)32(29,30)28-15-14-23-22-6-4-5-7-24(22)27-25(23)26(28)19-9-11-20(31-3)12-10-19/h4-13,16,26-27H,14-15H2,1-3H3/t26-/m1/s1. The first-order valence-corrected chi connectivity index (χ1v) is 13.4. The van der Waals surface area contributed by atoms with Gasteiger partial charge in [0, 0.05) is 28.0 Å². The van der Waals surface area contributed by atoms with E-state index in [0.717, 1.165) is 32.8 Å². The third kappa shape index (κ3) is 3.47. The number of nitrogens with zero attached hydrogens (tertiary/aromatic N) is 1. The number of aromatic amines is 1. The van der Waals surface area contributed by atoms with E-state index in [9.17, 15) is 8.42 Å². The molecule has 0 amide bonds. The number of benzene rings is 3. The van der Waals surface area contributed by atoms with Gasteiger partial charge in [-0.15, -0.1) is 11.8 Å². The molecule has 4 aromatic rings. The van der Waals surface area contributed by atoms with Gasteiger partial charge in [-0.3, -0.25) is 0 Å². The number of H-pyrrole nitrogens is 1. The van der Waals surface area contributed by atoms with Crippen LogP contribution in [0.2, 0.25) is 0 Å². The van der Waals surface area contributed by atoms with E-state index in [-0.39, 0.29) is 0 Å². The van der Waals surface area contributed by atoms with Crippen LogP contribution in [0.25, 0.3) is 10.9 Å². The van der Waals surface area contributed by atoms with Crippen molar-refractivity contribution in [3.8, 4) is 0 Å². The van der Waals surface area contributed by atoms with Crippen LogP contribution in [0.5, 0.6) is 0 Å². The first-order chi connectivity index (χ1) is 15.4. The van der Waals surface area contributed by atoms with E-state index in [4.69, 9.17) is 0 Å². The molecule has 0 saturated carbocycles. The molecule has 0 radical (unpaired) electrons. The Labute approximate surface area is 193 Å². The minimum Gasteiger partial charge on any atom is -0.357 e. The fraction of sp³-hybridized carbons (Fsp3) is 0.231. The van der Waals surface area contributed by atoms with Gasteiger partial charge in [-0.05, 0) is 79.1 Å². The highest BCUT2D eigenvalue weighted by Gasteiger charge is 2.39. The average Bonchev–Trinajstić information content (AvgIpc) is 3.19. The summed E-state index contributed by atoms with van der Waals surface area (Å²) in [4.78, 5) is 5.07. The summed E-state index contributed by atoms with van der Waals surface area (Å²) in [5.41, 5.74) is 6.28. The Morgan fingerprint density at radius 2 is 1.72 bits per heavy atom. The normalized spacial score (nSPS) is 16.9. The fourth-order valence-corrected chi connectivity index (χ4v) is 6.69. The highest BCUT2D eigenvalue weighted by Crippen LogP contribution is 2.41. The van der Waals surface area contributed by atoms with Gasteiger partial charge in [-0.2, -0.15) is 4.31 Å². The smallest absolute Gasteiger partial charge is 0.244 e. The molecule has 6 heteroatoms. The lowest BCUT2D eigenvalue weighted by molar-refractivity contribution is 0.340. The molecule has 32 heavy (non-hydrogen) atoms. The van der Waals surface area contributed by atoms with E-state index < -0.39 is 16.1 Å². The predicted octanol–water partition coefficient (Wildman–Crippen LogP) is 5.84. The Hall–Kier alpha value is -2.54. The van der Waals surface area contributed by atoms with Crippen molar-refractivity contribution in [1.82, 2.24) is 9.29 Å². The van der Waals surface area contributed by atoms with Crippen LogP contribution in [0.3, 0.4) is 0 Å². The highest BCUT2D eigenvalue weighted by molar-refractivity contribution is 7.98. The van der Waals surface area contributed by atoms with Crippen molar-refractivity contribution in [3.63, 3.8) is 0 Å². The predicted molar refractivity (Wildman–Crippen MR) is 132 cm³/mol. The zero-order valence-electron chi connectivity index (χ0n) is 18.4. The minimum atomic E-state index is -3.69. The largest absolute Gasteiger partial charge is 0.357 e. The molecule has 0 saturated heterocycles. The molecule has 0 aliphatic carbocycles. The summed E-state index contributed by atoms with van der Waals surface area (Å²) in [5.74, 6) is 0. The molecule has 0 spiro atoms. The highest BCUT2D eigenvalue weighted by atomic mass is 32.2. The van der Waals surface area contributed by atoms with E-state index >= 15 is 0 Å². The number of para-hydroxylation sites is 1. The van der Waals surface area contributed by atoms with Gasteiger partial charge in [0.05, 0.1) is 10.9 Å². The van der Waals surface area contributed by atoms with E-state index in [2.05, 4.69) is 41.4 Å². The van der Waals surface area contributed by atoms with Crippen molar-refractivity contribution in [2.24, 2.45) is 0 Å². The molecule has 164 valence electrons. The number of thioether (sulfide) groups is 1. The summed E-state index contributed by atoms with van der Waals surface area (Å²) in [5, 5.41) is 1.18. The summed E-state index contributed by atoms with van der Waals surface area (Å²) in [7, 11) is -3.69. The third-order valence-corrected chi connectivity index (χ3v) is 9.11. The number of hydrogen-bond acceptors (Lipinski definition) is 3. The van der Waals surface area contributed by atoms with Gasteiger partial charge in [0.2, 0.25) is 10.0 Å². The van der Waals surface area contributed by atoms with Crippen molar-refractivity contribution in [1.29, 1.82) is 0 Å². The number of fused-ring (bicyclic) bond motifs is 3. The van der Waals surface area contributed by atoms with Gasteiger partial charge in [0.25, 0.3) is 0 Å². The summed E-state index contributed by atoms with van der Waals surface area (Å²) in [6.07, 6.45) is 2.73. The van der Waals surface area contributed by atoms with Crippen molar-refractivity contribution >= 4 is 32.7 Å². The van der Waals surface area contributed by atoms with E-state index in [0.29, 0.717) is 17.9 Å². The summed E-state index contributed by atoms with van der Waals surface area (Å²) >= 11 is 1.68. The zero-order valence-corrected chi connectivity index (χ0v) is 20.1. The monoisotopic (exact) mass is 462 g/mol.